The first kappa shape index (κ1) is 20.9. The van der Waals surface area contributed by atoms with Gasteiger partial charge in [0.05, 0.1) is 59.0 Å². The van der Waals surface area contributed by atoms with Gasteiger partial charge in [-0.2, -0.15) is 0 Å². The average molecular weight is 467 g/mol. The number of aromatic nitrogens is 3. The second-order valence-electron chi connectivity index (χ2n) is 8.86. The van der Waals surface area contributed by atoms with Crippen LogP contribution in [0.15, 0.2) is 42.7 Å². The van der Waals surface area contributed by atoms with E-state index in [9.17, 15) is 10.2 Å². The minimum absolute atomic E-state index is 0.140. The van der Waals surface area contributed by atoms with Gasteiger partial charge in [-0.3, -0.25) is 0 Å². The Balaban J connectivity index is 1.19. The lowest BCUT2D eigenvalue weighted by molar-refractivity contribution is -0.0796. The third-order valence-electron chi connectivity index (χ3n) is 6.44. The molecule has 9 heteroatoms. The van der Waals surface area contributed by atoms with Crippen LogP contribution in [0.4, 0.5) is 5.13 Å². The Morgan fingerprint density at radius 1 is 1.12 bits per heavy atom. The van der Waals surface area contributed by atoms with Crippen molar-refractivity contribution in [1.29, 1.82) is 0 Å². The molecule has 8 nitrogen and oxygen atoms in total. The fourth-order valence-corrected chi connectivity index (χ4v) is 5.51. The van der Waals surface area contributed by atoms with E-state index in [1.807, 2.05) is 30.6 Å². The van der Waals surface area contributed by atoms with Crippen molar-refractivity contribution in [2.75, 3.05) is 18.5 Å². The molecule has 0 bridgehead atoms. The molecule has 0 spiro atoms. The van der Waals surface area contributed by atoms with Gasteiger partial charge in [0.1, 0.15) is 11.9 Å². The summed E-state index contributed by atoms with van der Waals surface area (Å²) in [4.78, 5) is 9.23. The quantitative estimate of drug-likeness (QED) is 0.401. The molecule has 1 saturated heterocycles. The summed E-state index contributed by atoms with van der Waals surface area (Å²) in [6.07, 6.45) is 2.94. The molecule has 172 valence electrons. The van der Waals surface area contributed by atoms with Crippen molar-refractivity contribution >= 4 is 37.7 Å². The van der Waals surface area contributed by atoms with Crippen molar-refractivity contribution in [3.63, 3.8) is 0 Å². The maximum Gasteiger partial charge on any atom is 0.184 e. The first-order valence-electron chi connectivity index (χ1n) is 11.3. The number of nitrogens with one attached hydrogen (secondary N) is 1. The third-order valence-corrected chi connectivity index (χ3v) is 7.39. The lowest BCUT2D eigenvalue weighted by atomic mass is 9.90. The average Bonchev–Trinajstić information content (AvgIpc) is 3.37. The Bertz CT molecular complexity index is 1280. The molecule has 2 aromatic carbocycles. The van der Waals surface area contributed by atoms with Gasteiger partial charge < -0.3 is 29.6 Å². The monoisotopic (exact) mass is 466 g/mol. The maximum atomic E-state index is 10.3. The van der Waals surface area contributed by atoms with Gasteiger partial charge in [0.15, 0.2) is 5.13 Å². The van der Waals surface area contributed by atoms with Crippen molar-refractivity contribution in [3.05, 3.63) is 48.3 Å². The van der Waals surface area contributed by atoms with E-state index in [0.29, 0.717) is 26.2 Å². The fraction of sp³-hybridized carbons (Fsp3) is 0.417. The number of hydrogen-bond acceptors (Lipinski definition) is 8. The topological polar surface area (TPSA) is 102 Å². The van der Waals surface area contributed by atoms with Crippen molar-refractivity contribution in [2.45, 2.75) is 50.2 Å². The molecule has 3 atom stereocenters. The first-order valence-corrected chi connectivity index (χ1v) is 12.2. The number of rotatable bonds is 6. The molecule has 1 aliphatic carbocycles. The summed E-state index contributed by atoms with van der Waals surface area (Å²) in [5.74, 6) is 0.822. The van der Waals surface area contributed by atoms with E-state index in [1.165, 1.54) is 0 Å². The van der Waals surface area contributed by atoms with Crippen LogP contribution < -0.4 is 10.1 Å². The highest BCUT2D eigenvalue weighted by Gasteiger charge is 2.30. The smallest absolute Gasteiger partial charge is 0.184 e. The predicted molar refractivity (Wildman–Crippen MR) is 127 cm³/mol. The zero-order chi connectivity index (χ0) is 22.4. The number of anilines is 1. The van der Waals surface area contributed by atoms with E-state index in [4.69, 9.17) is 9.47 Å². The Labute approximate surface area is 194 Å². The van der Waals surface area contributed by atoms with E-state index >= 15 is 0 Å². The van der Waals surface area contributed by atoms with Crippen LogP contribution in [0.25, 0.3) is 21.3 Å². The van der Waals surface area contributed by atoms with E-state index in [-0.39, 0.29) is 12.1 Å². The Morgan fingerprint density at radius 3 is 2.88 bits per heavy atom. The molecule has 2 aromatic heterocycles. The van der Waals surface area contributed by atoms with Crippen molar-refractivity contribution in [3.8, 4) is 5.75 Å². The second-order valence-corrected chi connectivity index (χ2v) is 9.89. The van der Waals surface area contributed by atoms with E-state index < -0.39 is 12.2 Å². The highest BCUT2D eigenvalue weighted by Crippen LogP contribution is 2.30. The standard InChI is InChI=1S/C24H26N4O4S/c29-21-3-1-2-18(23(21)30)27-24-26-17-6-4-14(8-22(17)33-24)10-28-13-25-19-9-15(5-7-20(19)28)32-16-11-31-12-16/h4-9,13,16,18,21,23,29-30H,1-3,10-12H2,(H,26,27)/t18?,21-,23?/m1/s1. The molecule has 0 radical (unpaired) electrons. The van der Waals surface area contributed by atoms with Gasteiger partial charge in [0, 0.05) is 12.6 Å². The first-order chi connectivity index (χ1) is 16.1. The van der Waals surface area contributed by atoms with Crippen LogP contribution in [-0.2, 0) is 11.3 Å². The van der Waals surface area contributed by atoms with Crippen LogP contribution in [0, 0.1) is 0 Å². The van der Waals surface area contributed by atoms with Crippen LogP contribution in [0.2, 0.25) is 0 Å². The molecular formula is C24H26N4O4S. The van der Waals surface area contributed by atoms with Gasteiger partial charge in [-0.25, -0.2) is 9.97 Å². The summed E-state index contributed by atoms with van der Waals surface area (Å²) in [6, 6.07) is 12.1. The third kappa shape index (κ3) is 4.17. The highest BCUT2D eigenvalue weighted by atomic mass is 32.1. The van der Waals surface area contributed by atoms with Crippen LogP contribution in [-0.4, -0.2) is 62.3 Å². The molecule has 1 aliphatic heterocycles. The highest BCUT2D eigenvalue weighted by molar-refractivity contribution is 7.22. The minimum Gasteiger partial charge on any atom is -0.486 e. The minimum atomic E-state index is -0.760. The summed E-state index contributed by atoms with van der Waals surface area (Å²) in [7, 11) is 0. The number of benzene rings is 2. The number of hydrogen-bond donors (Lipinski definition) is 3. The van der Waals surface area contributed by atoms with Gasteiger partial charge in [0.25, 0.3) is 0 Å². The van der Waals surface area contributed by atoms with Crippen molar-refractivity contribution < 1.29 is 19.7 Å². The number of aliphatic hydroxyl groups is 2. The molecule has 6 rings (SSSR count). The summed E-state index contributed by atoms with van der Waals surface area (Å²) in [5, 5.41) is 24.3. The SMILES string of the molecule is OC1C(Nc2nc3ccc(Cn4cnc5cc(OC6COC6)ccc54)cc3s2)CCC[C@H]1O. The zero-order valence-corrected chi connectivity index (χ0v) is 18.9. The summed E-state index contributed by atoms with van der Waals surface area (Å²) in [5.41, 5.74) is 4.06. The molecule has 4 aromatic rings. The maximum absolute atomic E-state index is 10.3. The van der Waals surface area contributed by atoms with E-state index in [1.54, 1.807) is 11.3 Å². The number of aliphatic hydroxyl groups excluding tert-OH is 2. The summed E-state index contributed by atoms with van der Waals surface area (Å²) in [6.45, 7) is 2.00. The molecular weight excluding hydrogens is 440 g/mol. The molecule has 0 amide bonds. The Morgan fingerprint density at radius 2 is 2.03 bits per heavy atom. The van der Waals surface area contributed by atoms with Crippen LogP contribution >= 0.6 is 11.3 Å². The summed E-state index contributed by atoms with van der Waals surface area (Å²) >= 11 is 1.57. The van der Waals surface area contributed by atoms with E-state index in [0.717, 1.165) is 50.5 Å². The molecule has 3 N–H and O–H groups in total. The molecule has 1 saturated carbocycles. The molecule has 2 unspecified atom stereocenters. The number of imidazole rings is 1. The molecule has 2 aliphatic rings. The zero-order valence-electron chi connectivity index (χ0n) is 18.1. The van der Waals surface area contributed by atoms with Gasteiger partial charge in [-0.15, -0.1) is 0 Å². The largest absolute Gasteiger partial charge is 0.486 e. The number of fused-ring (bicyclic) bond motifs is 2. The lowest BCUT2D eigenvalue weighted by Gasteiger charge is -2.32. The fourth-order valence-electron chi connectivity index (χ4n) is 4.52. The normalized spacial score (nSPS) is 23.6. The second kappa shape index (κ2) is 8.57. The van der Waals surface area contributed by atoms with Gasteiger partial charge in [0.2, 0.25) is 0 Å². The van der Waals surface area contributed by atoms with Crippen LogP contribution in [0.3, 0.4) is 0 Å². The lowest BCUT2D eigenvalue weighted by Crippen LogP contribution is -2.45. The van der Waals surface area contributed by atoms with Crippen molar-refractivity contribution in [1.82, 2.24) is 14.5 Å². The predicted octanol–water partition coefficient (Wildman–Crippen LogP) is 3.16. The molecule has 2 fully saturated rings. The van der Waals surface area contributed by atoms with Gasteiger partial charge >= 0.3 is 0 Å². The summed E-state index contributed by atoms with van der Waals surface area (Å²) < 4.78 is 14.3. The van der Waals surface area contributed by atoms with Crippen LogP contribution in [0.1, 0.15) is 24.8 Å². The Kier molecular flexibility index (Phi) is 5.41. The Hall–Kier alpha value is -2.72. The van der Waals surface area contributed by atoms with Crippen molar-refractivity contribution in [2.24, 2.45) is 0 Å². The molecule has 33 heavy (non-hydrogen) atoms. The number of nitrogens with zero attached hydrogens (tertiary/aromatic N) is 3. The number of ether oxygens (including phenoxy) is 2. The van der Waals surface area contributed by atoms with Gasteiger partial charge in [-0.05, 0) is 49.1 Å². The molecule has 3 heterocycles. The van der Waals surface area contributed by atoms with Gasteiger partial charge in [-0.1, -0.05) is 17.4 Å². The number of thiazole rings is 1. The van der Waals surface area contributed by atoms with Crippen LogP contribution in [0.5, 0.6) is 5.75 Å². The van der Waals surface area contributed by atoms with E-state index in [2.05, 4.69) is 32.0 Å².